The number of hydrogen-bond donors (Lipinski definition) is 1. The molecule has 0 saturated heterocycles. The number of methoxy groups -OCH3 is 1. The van der Waals surface area contributed by atoms with Crippen molar-refractivity contribution in [2.45, 2.75) is 19.4 Å². The van der Waals surface area contributed by atoms with Gasteiger partial charge in [-0.2, -0.15) is 0 Å². The summed E-state index contributed by atoms with van der Waals surface area (Å²) in [5, 5.41) is 2.92. The third-order valence-corrected chi connectivity index (χ3v) is 5.92. The van der Waals surface area contributed by atoms with Crippen molar-refractivity contribution in [3.05, 3.63) is 57.7 Å². The molecule has 1 atom stereocenters. The fourth-order valence-corrected chi connectivity index (χ4v) is 3.85. The second-order valence-corrected chi connectivity index (χ2v) is 9.20. The number of benzene rings is 2. The molecule has 2 aromatic carbocycles. The number of sulfonamides is 1. The number of carbonyl (C=O) groups is 1. The van der Waals surface area contributed by atoms with Crippen LogP contribution in [0.25, 0.3) is 0 Å². The molecule has 0 aliphatic heterocycles. The van der Waals surface area contributed by atoms with Gasteiger partial charge in [-0.25, -0.2) is 8.42 Å². The smallest absolute Gasteiger partial charge is 0.241 e. The van der Waals surface area contributed by atoms with Gasteiger partial charge < -0.3 is 10.1 Å². The van der Waals surface area contributed by atoms with Gasteiger partial charge in [0, 0.05) is 3.57 Å². The molecule has 2 rings (SSSR count). The van der Waals surface area contributed by atoms with Crippen LogP contribution in [0.5, 0.6) is 5.75 Å². The normalized spacial score (nSPS) is 12.3. The predicted octanol–water partition coefficient (Wildman–Crippen LogP) is 3.33. The van der Waals surface area contributed by atoms with E-state index in [4.69, 9.17) is 4.74 Å². The van der Waals surface area contributed by atoms with E-state index in [2.05, 4.69) is 27.9 Å². The summed E-state index contributed by atoms with van der Waals surface area (Å²) < 4.78 is 31.6. The van der Waals surface area contributed by atoms with Gasteiger partial charge in [0.15, 0.2) is 0 Å². The van der Waals surface area contributed by atoms with E-state index in [0.717, 1.165) is 25.4 Å². The first-order valence-corrected chi connectivity index (χ1v) is 11.3. The molecule has 1 N–H and O–H groups in total. The molecule has 0 aliphatic carbocycles. The molecule has 27 heavy (non-hydrogen) atoms. The molecule has 0 radical (unpaired) electrons. The maximum absolute atomic E-state index is 12.6. The van der Waals surface area contributed by atoms with Gasteiger partial charge >= 0.3 is 0 Å². The summed E-state index contributed by atoms with van der Waals surface area (Å²) in [5.74, 6) is 0.378. The molecule has 0 heterocycles. The summed E-state index contributed by atoms with van der Waals surface area (Å²) in [4.78, 5) is 12.6. The molecular weight excluding hydrogens is 479 g/mol. The zero-order valence-corrected chi connectivity index (χ0v) is 18.5. The van der Waals surface area contributed by atoms with E-state index in [9.17, 15) is 13.2 Å². The number of nitrogens with zero attached hydrogens (tertiary/aromatic N) is 1. The summed E-state index contributed by atoms with van der Waals surface area (Å²) in [6.07, 6.45) is 1.78. The maximum Gasteiger partial charge on any atom is 0.241 e. The molecule has 0 unspecified atom stereocenters. The molecule has 6 nitrogen and oxygen atoms in total. The molecule has 146 valence electrons. The number of anilines is 1. The monoisotopic (exact) mass is 502 g/mol. The quantitative estimate of drug-likeness (QED) is 0.562. The Morgan fingerprint density at radius 1 is 1.15 bits per heavy atom. The average molecular weight is 502 g/mol. The van der Waals surface area contributed by atoms with Gasteiger partial charge in [0.25, 0.3) is 0 Å². The van der Waals surface area contributed by atoms with Gasteiger partial charge in [-0.05, 0) is 71.0 Å². The summed E-state index contributed by atoms with van der Waals surface area (Å²) >= 11 is 2.14. The van der Waals surface area contributed by atoms with Crippen molar-refractivity contribution in [1.29, 1.82) is 0 Å². The fraction of sp³-hybridized carbons (Fsp3) is 0.316. The molecule has 1 amide bonds. The minimum absolute atomic E-state index is 0.207. The largest absolute Gasteiger partial charge is 0.497 e. The lowest BCUT2D eigenvalue weighted by molar-refractivity contribution is -0.120. The molecular formula is C19H23IN2O4S. The minimum Gasteiger partial charge on any atom is -0.497 e. The van der Waals surface area contributed by atoms with Crippen LogP contribution in [-0.2, 0) is 14.8 Å². The van der Waals surface area contributed by atoms with Crippen LogP contribution in [-0.4, -0.2) is 34.2 Å². The van der Waals surface area contributed by atoms with Crippen LogP contribution in [0.4, 0.5) is 5.69 Å². The molecule has 0 aromatic heterocycles. The highest BCUT2D eigenvalue weighted by atomic mass is 127. The fourth-order valence-electron chi connectivity index (χ4n) is 2.64. The number of amides is 1. The number of hydrogen-bond acceptors (Lipinski definition) is 4. The lowest BCUT2D eigenvalue weighted by Gasteiger charge is -2.24. The van der Waals surface area contributed by atoms with Crippen LogP contribution in [0.1, 0.15) is 24.9 Å². The maximum atomic E-state index is 12.6. The van der Waals surface area contributed by atoms with Crippen molar-refractivity contribution in [2.24, 2.45) is 0 Å². The Morgan fingerprint density at radius 3 is 2.22 bits per heavy atom. The SMILES string of the molecule is CC[C@H](NC(=O)CN(c1ccc(I)cc1)S(C)(=O)=O)c1ccc(OC)cc1. The van der Waals surface area contributed by atoms with Crippen LogP contribution in [0.3, 0.4) is 0 Å². The highest BCUT2D eigenvalue weighted by molar-refractivity contribution is 14.1. The van der Waals surface area contributed by atoms with Gasteiger partial charge in [0.2, 0.25) is 15.9 Å². The Bertz CT molecular complexity index is 868. The summed E-state index contributed by atoms with van der Waals surface area (Å²) in [7, 11) is -1.99. The lowest BCUT2D eigenvalue weighted by Crippen LogP contribution is -2.41. The Balaban J connectivity index is 2.15. The van der Waals surface area contributed by atoms with Gasteiger partial charge in [-0.1, -0.05) is 19.1 Å². The standard InChI is InChI=1S/C19H23IN2O4S/c1-4-18(14-5-11-17(26-2)12-6-14)21-19(23)13-22(27(3,24)25)16-9-7-15(20)8-10-16/h5-12,18H,4,13H2,1-3H3,(H,21,23)/t18-/m0/s1. The van der Waals surface area contributed by atoms with Crippen molar-refractivity contribution in [1.82, 2.24) is 5.32 Å². The number of nitrogens with one attached hydrogen (secondary N) is 1. The van der Waals surface area contributed by atoms with Crippen molar-refractivity contribution in [3.8, 4) is 5.75 Å². The molecule has 0 bridgehead atoms. The van der Waals surface area contributed by atoms with E-state index in [-0.39, 0.29) is 18.5 Å². The molecule has 2 aromatic rings. The Kier molecular flexibility index (Phi) is 7.49. The van der Waals surface area contributed by atoms with E-state index >= 15 is 0 Å². The Morgan fingerprint density at radius 2 is 1.74 bits per heavy atom. The first-order chi connectivity index (χ1) is 12.7. The number of halogens is 1. The van der Waals surface area contributed by atoms with Gasteiger partial charge in [0.05, 0.1) is 25.1 Å². The highest BCUT2D eigenvalue weighted by Crippen LogP contribution is 2.21. The second kappa shape index (κ2) is 9.41. The van der Waals surface area contributed by atoms with Crippen LogP contribution < -0.4 is 14.4 Å². The van der Waals surface area contributed by atoms with E-state index in [1.807, 2.05) is 31.2 Å². The van der Waals surface area contributed by atoms with Crippen LogP contribution in [0.15, 0.2) is 48.5 Å². The number of carbonyl (C=O) groups excluding carboxylic acids is 1. The predicted molar refractivity (Wildman–Crippen MR) is 116 cm³/mol. The molecule has 0 spiro atoms. The summed E-state index contributed by atoms with van der Waals surface area (Å²) in [6.45, 7) is 1.69. The minimum atomic E-state index is -3.59. The molecule has 0 saturated carbocycles. The van der Waals surface area contributed by atoms with Crippen LogP contribution in [0.2, 0.25) is 0 Å². The molecule has 0 aliphatic rings. The Hall–Kier alpha value is -1.81. The second-order valence-electron chi connectivity index (χ2n) is 6.05. The zero-order valence-electron chi connectivity index (χ0n) is 15.5. The highest BCUT2D eigenvalue weighted by Gasteiger charge is 2.22. The van der Waals surface area contributed by atoms with Gasteiger partial charge in [-0.15, -0.1) is 0 Å². The van der Waals surface area contributed by atoms with E-state index in [0.29, 0.717) is 12.1 Å². The number of ether oxygens (including phenoxy) is 1. The summed E-state index contributed by atoms with van der Waals surface area (Å²) in [6, 6.07) is 14.2. The van der Waals surface area contributed by atoms with Crippen LogP contribution >= 0.6 is 22.6 Å². The van der Waals surface area contributed by atoms with E-state index in [1.165, 1.54) is 0 Å². The van der Waals surface area contributed by atoms with Crippen molar-refractivity contribution < 1.29 is 17.9 Å². The topological polar surface area (TPSA) is 75.7 Å². The average Bonchev–Trinajstić information content (AvgIpc) is 2.64. The van der Waals surface area contributed by atoms with Crippen molar-refractivity contribution >= 4 is 44.2 Å². The van der Waals surface area contributed by atoms with Gasteiger partial charge in [0.1, 0.15) is 12.3 Å². The summed E-state index contributed by atoms with van der Waals surface area (Å²) in [5.41, 5.74) is 1.40. The van der Waals surface area contributed by atoms with Crippen molar-refractivity contribution in [3.63, 3.8) is 0 Å². The number of rotatable bonds is 8. The van der Waals surface area contributed by atoms with Gasteiger partial charge in [-0.3, -0.25) is 9.10 Å². The van der Waals surface area contributed by atoms with E-state index in [1.54, 1.807) is 31.4 Å². The zero-order chi connectivity index (χ0) is 20.0. The molecule has 8 heteroatoms. The first-order valence-electron chi connectivity index (χ1n) is 8.41. The third-order valence-electron chi connectivity index (χ3n) is 4.06. The lowest BCUT2D eigenvalue weighted by atomic mass is 10.0. The third kappa shape index (κ3) is 6.10. The first kappa shape index (κ1) is 21.5. The Labute approximate surface area is 174 Å². The van der Waals surface area contributed by atoms with Crippen LogP contribution in [0, 0.1) is 3.57 Å². The van der Waals surface area contributed by atoms with Crippen molar-refractivity contribution in [2.75, 3.05) is 24.2 Å². The molecule has 0 fully saturated rings. The van der Waals surface area contributed by atoms with E-state index < -0.39 is 10.0 Å².